The predicted octanol–water partition coefficient (Wildman–Crippen LogP) is 2.14. The molecule has 0 aromatic carbocycles. The molecule has 0 fully saturated rings. The van der Waals surface area contributed by atoms with Gasteiger partial charge in [0, 0.05) is 25.5 Å². The summed E-state index contributed by atoms with van der Waals surface area (Å²) in [5.74, 6) is 0. The van der Waals surface area contributed by atoms with Gasteiger partial charge in [-0.3, -0.25) is 10.1 Å². The number of hydrogen-bond donors (Lipinski definition) is 1. The molecule has 0 aliphatic heterocycles. The molecule has 2 heterocycles. The lowest BCUT2D eigenvalue weighted by atomic mass is 10.3. The highest BCUT2D eigenvalue weighted by Crippen LogP contribution is 2.24. The second kappa shape index (κ2) is 6.10. The Morgan fingerprint density at radius 1 is 1.50 bits per heavy atom. The van der Waals surface area contributed by atoms with Crippen LogP contribution in [-0.2, 0) is 6.54 Å². The van der Waals surface area contributed by atoms with Gasteiger partial charge < -0.3 is 9.88 Å². The van der Waals surface area contributed by atoms with E-state index < -0.39 is 4.92 Å². The topological polar surface area (TPSA) is 85.9 Å². The van der Waals surface area contributed by atoms with Crippen molar-refractivity contribution >= 4 is 21.5 Å². The normalized spacial score (nSPS) is 10.4. The molecular formula is C10H13N5O2S. The maximum absolute atomic E-state index is 10.5. The van der Waals surface area contributed by atoms with Crippen molar-refractivity contribution in [2.75, 3.05) is 11.9 Å². The van der Waals surface area contributed by atoms with Crippen molar-refractivity contribution in [2.24, 2.45) is 0 Å². The standard InChI is InChI=1S/C10H13N5O2S/c16-15(17)9-7-13-10(18-9)12-3-1-2-5-14-6-4-11-8-14/h4,6-8H,1-3,5H2,(H,12,13). The van der Waals surface area contributed by atoms with Gasteiger partial charge in [-0.1, -0.05) is 0 Å². The van der Waals surface area contributed by atoms with Gasteiger partial charge in [0.1, 0.15) is 6.20 Å². The third-order valence-electron chi connectivity index (χ3n) is 2.35. The fourth-order valence-electron chi connectivity index (χ4n) is 1.47. The maximum Gasteiger partial charge on any atom is 0.345 e. The first-order valence-electron chi connectivity index (χ1n) is 5.55. The van der Waals surface area contributed by atoms with Crippen LogP contribution in [0.3, 0.4) is 0 Å². The molecule has 2 aromatic rings. The Hall–Kier alpha value is -1.96. The van der Waals surface area contributed by atoms with E-state index in [0.717, 1.165) is 37.3 Å². The fourth-order valence-corrected chi connectivity index (χ4v) is 2.12. The Kier molecular flexibility index (Phi) is 4.24. The van der Waals surface area contributed by atoms with Crippen LogP contribution >= 0.6 is 11.3 Å². The summed E-state index contributed by atoms with van der Waals surface area (Å²) in [6.07, 6.45) is 8.75. The maximum atomic E-state index is 10.5. The lowest BCUT2D eigenvalue weighted by molar-refractivity contribution is -0.380. The van der Waals surface area contributed by atoms with Crippen molar-refractivity contribution in [2.45, 2.75) is 19.4 Å². The van der Waals surface area contributed by atoms with Crippen LogP contribution in [0.5, 0.6) is 0 Å². The Bertz CT molecular complexity index is 496. The molecule has 0 aliphatic carbocycles. The molecule has 0 aliphatic rings. The number of rotatable bonds is 7. The minimum atomic E-state index is -0.429. The Morgan fingerprint density at radius 3 is 3.06 bits per heavy atom. The molecule has 2 aromatic heterocycles. The van der Waals surface area contributed by atoms with Crippen molar-refractivity contribution in [3.05, 3.63) is 35.0 Å². The van der Waals surface area contributed by atoms with Crippen LogP contribution in [0.4, 0.5) is 10.1 Å². The van der Waals surface area contributed by atoms with Gasteiger partial charge >= 0.3 is 5.00 Å². The first-order valence-corrected chi connectivity index (χ1v) is 6.37. The summed E-state index contributed by atoms with van der Waals surface area (Å²) in [6, 6.07) is 0. The lowest BCUT2D eigenvalue weighted by Crippen LogP contribution is -2.03. The van der Waals surface area contributed by atoms with Crippen molar-refractivity contribution in [3.8, 4) is 0 Å². The van der Waals surface area contributed by atoms with Crippen molar-refractivity contribution in [1.82, 2.24) is 14.5 Å². The van der Waals surface area contributed by atoms with Crippen LogP contribution in [-0.4, -0.2) is 26.0 Å². The summed E-state index contributed by atoms with van der Waals surface area (Å²) >= 11 is 1.06. The zero-order valence-electron chi connectivity index (χ0n) is 9.65. The van der Waals surface area contributed by atoms with Gasteiger partial charge in [0.2, 0.25) is 0 Å². The summed E-state index contributed by atoms with van der Waals surface area (Å²) in [5.41, 5.74) is 0. The van der Waals surface area contributed by atoms with Crippen LogP contribution in [0, 0.1) is 10.1 Å². The van der Waals surface area contributed by atoms with Gasteiger partial charge in [0.15, 0.2) is 5.13 Å². The van der Waals surface area contributed by atoms with E-state index >= 15 is 0 Å². The van der Waals surface area contributed by atoms with E-state index in [4.69, 9.17) is 0 Å². The van der Waals surface area contributed by atoms with Gasteiger partial charge in [0.25, 0.3) is 0 Å². The van der Waals surface area contributed by atoms with E-state index in [2.05, 4.69) is 15.3 Å². The van der Waals surface area contributed by atoms with Gasteiger partial charge in [-0.2, -0.15) is 0 Å². The molecule has 0 atom stereocenters. The number of nitrogens with one attached hydrogen (secondary N) is 1. The molecule has 0 bridgehead atoms. The van der Waals surface area contributed by atoms with Crippen molar-refractivity contribution in [1.29, 1.82) is 0 Å². The highest BCUT2D eigenvalue weighted by molar-refractivity contribution is 7.18. The van der Waals surface area contributed by atoms with Crippen LogP contribution in [0.2, 0.25) is 0 Å². The average Bonchev–Trinajstić information content (AvgIpc) is 2.98. The lowest BCUT2D eigenvalue weighted by Gasteiger charge is -2.03. The molecule has 0 amide bonds. The minimum absolute atomic E-state index is 0.0657. The number of aryl methyl sites for hydroxylation is 1. The van der Waals surface area contributed by atoms with Gasteiger partial charge in [-0.05, 0) is 24.2 Å². The zero-order valence-corrected chi connectivity index (χ0v) is 10.5. The molecule has 18 heavy (non-hydrogen) atoms. The van der Waals surface area contributed by atoms with Crippen LogP contribution < -0.4 is 5.32 Å². The number of aromatic nitrogens is 3. The van der Waals surface area contributed by atoms with E-state index in [9.17, 15) is 10.1 Å². The highest BCUT2D eigenvalue weighted by atomic mass is 32.1. The Balaban J connectivity index is 1.64. The first kappa shape index (κ1) is 12.5. The summed E-state index contributed by atoms with van der Waals surface area (Å²) in [6.45, 7) is 1.69. The van der Waals surface area contributed by atoms with Crippen LogP contribution in [0.25, 0.3) is 0 Å². The highest BCUT2D eigenvalue weighted by Gasteiger charge is 2.10. The van der Waals surface area contributed by atoms with E-state index in [1.54, 1.807) is 12.5 Å². The molecule has 0 saturated heterocycles. The summed E-state index contributed by atoms with van der Waals surface area (Å²) in [4.78, 5) is 17.9. The molecule has 7 nitrogen and oxygen atoms in total. The number of anilines is 1. The smallest absolute Gasteiger partial charge is 0.345 e. The average molecular weight is 267 g/mol. The van der Waals surface area contributed by atoms with E-state index in [1.807, 2.05) is 10.8 Å². The van der Waals surface area contributed by atoms with E-state index in [-0.39, 0.29) is 5.00 Å². The Morgan fingerprint density at radius 2 is 2.39 bits per heavy atom. The molecule has 0 unspecified atom stereocenters. The first-order chi connectivity index (χ1) is 8.75. The zero-order chi connectivity index (χ0) is 12.8. The number of thiazole rings is 1. The molecule has 0 spiro atoms. The van der Waals surface area contributed by atoms with Crippen LogP contribution in [0.15, 0.2) is 24.9 Å². The molecule has 0 saturated carbocycles. The number of nitro groups is 1. The van der Waals surface area contributed by atoms with Gasteiger partial charge in [-0.15, -0.1) is 0 Å². The van der Waals surface area contributed by atoms with E-state index in [1.165, 1.54) is 6.20 Å². The van der Waals surface area contributed by atoms with Crippen molar-refractivity contribution < 1.29 is 4.92 Å². The Labute approximate surface area is 108 Å². The SMILES string of the molecule is O=[N+]([O-])c1cnc(NCCCCn2ccnc2)s1. The summed E-state index contributed by atoms with van der Waals surface area (Å²) in [7, 11) is 0. The largest absolute Gasteiger partial charge is 0.361 e. The molecular weight excluding hydrogens is 254 g/mol. The fraction of sp³-hybridized carbons (Fsp3) is 0.400. The summed E-state index contributed by atoms with van der Waals surface area (Å²) in [5, 5.41) is 14.2. The quantitative estimate of drug-likeness (QED) is 0.472. The second-order valence-electron chi connectivity index (χ2n) is 3.70. The second-order valence-corrected chi connectivity index (χ2v) is 4.70. The molecule has 8 heteroatoms. The molecule has 2 rings (SSSR count). The predicted molar refractivity (Wildman–Crippen MR) is 68.7 cm³/mol. The van der Waals surface area contributed by atoms with Crippen LogP contribution in [0.1, 0.15) is 12.8 Å². The molecule has 96 valence electrons. The minimum Gasteiger partial charge on any atom is -0.361 e. The number of nitrogens with zero attached hydrogens (tertiary/aromatic N) is 4. The third-order valence-corrected chi connectivity index (χ3v) is 3.26. The third kappa shape index (κ3) is 3.52. The number of unbranched alkanes of at least 4 members (excludes halogenated alkanes) is 1. The van der Waals surface area contributed by atoms with Gasteiger partial charge in [0.05, 0.1) is 11.3 Å². The number of imidazole rings is 1. The molecule has 1 N–H and O–H groups in total. The van der Waals surface area contributed by atoms with Gasteiger partial charge in [-0.25, -0.2) is 9.97 Å². The summed E-state index contributed by atoms with van der Waals surface area (Å²) < 4.78 is 2.02. The molecule has 0 radical (unpaired) electrons. The van der Waals surface area contributed by atoms with Crippen molar-refractivity contribution in [3.63, 3.8) is 0 Å². The monoisotopic (exact) mass is 267 g/mol. The van der Waals surface area contributed by atoms with E-state index in [0.29, 0.717) is 5.13 Å². The number of hydrogen-bond acceptors (Lipinski definition) is 6.